The number of rotatable bonds is 5. The second-order valence-corrected chi connectivity index (χ2v) is 7.89. The molecule has 0 fully saturated rings. The predicted molar refractivity (Wildman–Crippen MR) is 106 cm³/mol. The summed E-state index contributed by atoms with van der Waals surface area (Å²) in [6.07, 6.45) is 0. The van der Waals surface area contributed by atoms with Crippen LogP contribution in [0, 0.1) is 13.8 Å². The standard InChI is InChI=1S/C21H19NO4S/c1-14-8-13-19(15(2)20(14)21(23)24)27(25,26)22-18-11-9-17(10-12-18)16-6-4-3-5-7-16/h3-13,22H,1-2H3,(H,23,24). The third kappa shape index (κ3) is 3.85. The van der Waals surface area contributed by atoms with Gasteiger partial charge in [-0.1, -0.05) is 48.5 Å². The topological polar surface area (TPSA) is 83.5 Å². The van der Waals surface area contributed by atoms with E-state index in [0.717, 1.165) is 11.1 Å². The highest BCUT2D eigenvalue weighted by molar-refractivity contribution is 7.92. The number of anilines is 1. The van der Waals surface area contributed by atoms with Gasteiger partial charge in [0.1, 0.15) is 0 Å². The zero-order valence-electron chi connectivity index (χ0n) is 14.9. The van der Waals surface area contributed by atoms with Crippen molar-refractivity contribution in [1.82, 2.24) is 0 Å². The highest BCUT2D eigenvalue weighted by atomic mass is 32.2. The molecule has 3 aromatic rings. The van der Waals surface area contributed by atoms with Crippen LogP contribution in [0.5, 0.6) is 0 Å². The van der Waals surface area contributed by atoms with Crippen molar-refractivity contribution in [1.29, 1.82) is 0 Å². The van der Waals surface area contributed by atoms with Gasteiger partial charge in [-0.15, -0.1) is 0 Å². The van der Waals surface area contributed by atoms with E-state index in [4.69, 9.17) is 0 Å². The van der Waals surface area contributed by atoms with Crippen molar-refractivity contribution in [3.05, 3.63) is 83.4 Å². The summed E-state index contributed by atoms with van der Waals surface area (Å²) in [6, 6.07) is 19.7. The molecule has 0 radical (unpaired) electrons. The fourth-order valence-corrected chi connectivity index (χ4v) is 4.33. The maximum atomic E-state index is 12.8. The molecular weight excluding hydrogens is 362 g/mol. The normalized spacial score (nSPS) is 11.2. The monoisotopic (exact) mass is 381 g/mol. The van der Waals surface area contributed by atoms with Gasteiger partial charge >= 0.3 is 5.97 Å². The lowest BCUT2D eigenvalue weighted by atomic mass is 10.0. The average Bonchev–Trinajstić information content (AvgIpc) is 2.62. The number of hydrogen-bond acceptors (Lipinski definition) is 3. The zero-order chi connectivity index (χ0) is 19.6. The molecule has 0 saturated heterocycles. The molecule has 0 unspecified atom stereocenters. The number of carboxylic acid groups (broad SMARTS) is 1. The van der Waals surface area contributed by atoms with E-state index in [1.165, 1.54) is 19.1 Å². The van der Waals surface area contributed by atoms with Gasteiger partial charge in [-0.2, -0.15) is 0 Å². The van der Waals surface area contributed by atoms with Crippen LogP contribution in [0.25, 0.3) is 11.1 Å². The number of benzene rings is 3. The molecule has 0 atom stereocenters. The van der Waals surface area contributed by atoms with E-state index < -0.39 is 16.0 Å². The third-order valence-corrected chi connectivity index (χ3v) is 5.90. The van der Waals surface area contributed by atoms with Crippen LogP contribution in [0.4, 0.5) is 5.69 Å². The maximum absolute atomic E-state index is 12.8. The fraction of sp³-hybridized carbons (Fsp3) is 0.0952. The number of sulfonamides is 1. The number of aromatic carboxylic acids is 1. The smallest absolute Gasteiger partial charge is 0.336 e. The molecule has 0 amide bonds. The van der Waals surface area contributed by atoms with Crippen LogP contribution in [-0.4, -0.2) is 19.5 Å². The minimum Gasteiger partial charge on any atom is -0.478 e. The first-order valence-electron chi connectivity index (χ1n) is 8.31. The summed E-state index contributed by atoms with van der Waals surface area (Å²) in [7, 11) is -3.91. The van der Waals surface area contributed by atoms with Crippen LogP contribution in [0.3, 0.4) is 0 Å². The van der Waals surface area contributed by atoms with Gasteiger partial charge in [0.25, 0.3) is 10.0 Å². The quantitative estimate of drug-likeness (QED) is 0.683. The van der Waals surface area contributed by atoms with E-state index in [9.17, 15) is 18.3 Å². The van der Waals surface area contributed by atoms with Crippen LogP contribution in [-0.2, 0) is 10.0 Å². The lowest BCUT2D eigenvalue weighted by molar-refractivity contribution is 0.0695. The van der Waals surface area contributed by atoms with Crippen LogP contribution < -0.4 is 4.72 Å². The first kappa shape index (κ1) is 18.7. The lowest BCUT2D eigenvalue weighted by Gasteiger charge is -2.14. The summed E-state index contributed by atoms with van der Waals surface area (Å²) in [6.45, 7) is 3.14. The average molecular weight is 381 g/mol. The molecule has 3 aromatic carbocycles. The lowest BCUT2D eigenvalue weighted by Crippen LogP contribution is -2.16. The number of carboxylic acids is 1. The van der Waals surface area contributed by atoms with Crippen LogP contribution in [0.15, 0.2) is 71.6 Å². The zero-order valence-corrected chi connectivity index (χ0v) is 15.7. The highest BCUT2D eigenvalue weighted by Crippen LogP contribution is 2.26. The Hall–Kier alpha value is -3.12. The van der Waals surface area contributed by atoms with Crippen molar-refractivity contribution in [2.45, 2.75) is 18.7 Å². The van der Waals surface area contributed by atoms with Gasteiger partial charge in [-0.25, -0.2) is 13.2 Å². The second kappa shape index (κ2) is 7.25. The first-order valence-corrected chi connectivity index (χ1v) is 9.80. The second-order valence-electron chi connectivity index (χ2n) is 6.23. The SMILES string of the molecule is Cc1ccc(S(=O)(=O)Nc2ccc(-c3ccccc3)cc2)c(C)c1C(=O)O. The molecule has 0 aliphatic carbocycles. The van der Waals surface area contributed by atoms with E-state index in [1.807, 2.05) is 42.5 Å². The van der Waals surface area contributed by atoms with Crippen molar-refractivity contribution >= 4 is 21.7 Å². The van der Waals surface area contributed by atoms with Crippen molar-refractivity contribution in [2.24, 2.45) is 0 Å². The van der Waals surface area contributed by atoms with Gasteiger partial charge in [0.2, 0.25) is 0 Å². The molecule has 0 bridgehead atoms. The molecular formula is C21H19NO4S. The Kier molecular flexibility index (Phi) is 5.01. The molecule has 27 heavy (non-hydrogen) atoms. The van der Waals surface area contributed by atoms with E-state index >= 15 is 0 Å². The first-order chi connectivity index (χ1) is 12.8. The van der Waals surface area contributed by atoms with Gasteiger partial charge in [-0.05, 0) is 54.3 Å². The Labute approximate surface area is 158 Å². The van der Waals surface area contributed by atoms with Gasteiger partial charge in [0, 0.05) is 5.69 Å². The van der Waals surface area contributed by atoms with Crippen LogP contribution in [0.1, 0.15) is 21.5 Å². The minimum atomic E-state index is -3.91. The number of aryl methyl sites for hydroxylation is 1. The maximum Gasteiger partial charge on any atom is 0.336 e. The van der Waals surface area contributed by atoms with Gasteiger partial charge in [0.05, 0.1) is 10.5 Å². The summed E-state index contributed by atoms with van der Waals surface area (Å²) < 4.78 is 28.0. The molecule has 0 aromatic heterocycles. The molecule has 0 aliphatic rings. The molecule has 0 spiro atoms. The molecule has 6 heteroatoms. The van der Waals surface area contributed by atoms with Gasteiger partial charge < -0.3 is 5.11 Å². The summed E-state index contributed by atoms with van der Waals surface area (Å²) in [4.78, 5) is 11.4. The Morgan fingerprint density at radius 1 is 0.852 bits per heavy atom. The Balaban J connectivity index is 1.91. The number of carbonyl (C=O) groups is 1. The molecule has 3 rings (SSSR count). The Morgan fingerprint density at radius 3 is 2.04 bits per heavy atom. The van der Waals surface area contributed by atoms with Crippen molar-refractivity contribution in [2.75, 3.05) is 4.72 Å². The molecule has 138 valence electrons. The third-order valence-electron chi connectivity index (χ3n) is 4.37. The van der Waals surface area contributed by atoms with Crippen LogP contribution >= 0.6 is 0 Å². The van der Waals surface area contributed by atoms with Gasteiger partial charge in [0.15, 0.2) is 0 Å². The Bertz CT molecular complexity index is 1090. The molecule has 5 nitrogen and oxygen atoms in total. The minimum absolute atomic E-state index is 0.0114. The van der Waals surface area contributed by atoms with Crippen molar-refractivity contribution in [3.63, 3.8) is 0 Å². The summed E-state index contributed by atoms with van der Waals surface area (Å²) in [5, 5.41) is 9.35. The van der Waals surface area contributed by atoms with Gasteiger partial charge in [-0.3, -0.25) is 4.72 Å². The molecule has 0 aliphatic heterocycles. The molecule has 0 saturated carbocycles. The molecule has 2 N–H and O–H groups in total. The van der Waals surface area contributed by atoms with Crippen molar-refractivity contribution < 1.29 is 18.3 Å². The van der Waals surface area contributed by atoms with Crippen molar-refractivity contribution in [3.8, 4) is 11.1 Å². The largest absolute Gasteiger partial charge is 0.478 e. The molecule has 0 heterocycles. The highest BCUT2D eigenvalue weighted by Gasteiger charge is 2.22. The summed E-state index contributed by atoms with van der Waals surface area (Å²) >= 11 is 0. The Morgan fingerprint density at radius 2 is 1.44 bits per heavy atom. The number of hydrogen-bond donors (Lipinski definition) is 2. The summed E-state index contributed by atoms with van der Waals surface area (Å²) in [5.74, 6) is -1.14. The predicted octanol–water partition coefficient (Wildman–Crippen LogP) is 4.47. The van der Waals surface area contributed by atoms with E-state index in [-0.39, 0.29) is 16.0 Å². The van der Waals surface area contributed by atoms with E-state index in [1.54, 1.807) is 19.1 Å². The summed E-state index contributed by atoms with van der Waals surface area (Å²) in [5.41, 5.74) is 3.16. The van der Waals surface area contributed by atoms with E-state index in [2.05, 4.69) is 4.72 Å². The van der Waals surface area contributed by atoms with Crippen LogP contribution in [0.2, 0.25) is 0 Å². The van der Waals surface area contributed by atoms with E-state index in [0.29, 0.717) is 11.3 Å². The number of nitrogens with one attached hydrogen (secondary N) is 1. The fourth-order valence-electron chi connectivity index (χ4n) is 3.02.